The average Bonchev–Trinajstić information content (AvgIpc) is 3.22. The number of carbonyl (C=O) groups is 1. The SMILES string of the molecule is CC(C)=CC1COC(=O)N1c1ccnc(NC(C)c2nnc(S(C)(=O)=O)o2)n1. The molecule has 1 fully saturated rings. The zero-order valence-electron chi connectivity index (χ0n) is 15.8. The highest BCUT2D eigenvalue weighted by Gasteiger charge is 2.34. The number of hydrogen-bond acceptors (Lipinski definition) is 10. The Morgan fingerprint density at radius 1 is 1.39 bits per heavy atom. The van der Waals surface area contributed by atoms with Gasteiger partial charge in [-0.2, -0.15) is 4.98 Å². The number of anilines is 2. The van der Waals surface area contributed by atoms with Crippen LogP contribution in [0.3, 0.4) is 0 Å². The normalized spacial score (nSPS) is 17.9. The van der Waals surface area contributed by atoms with Gasteiger partial charge < -0.3 is 14.5 Å². The van der Waals surface area contributed by atoms with Crippen LogP contribution in [0.15, 0.2) is 33.6 Å². The van der Waals surface area contributed by atoms with Crippen LogP contribution in [0.25, 0.3) is 0 Å². The first-order chi connectivity index (χ1) is 13.1. The molecule has 1 aliphatic heterocycles. The first kappa shape index (κ1) is 19.7. The first-order valence-electron chi connectivity index (χ1n) is 8.39. The van der Waals surface area contributed by atoms with E-state index in [9.17, 15) is 13.2 Å². The van der Waals surface area contributed by atoms with E-state index in [0.717, 1.165) is 11.8 Å². The number of nitrogens with one attached hydrogen (secondary N) is 1. The Morgan fingerprint density at radius 2 is 2.14 bits per heavy atom. The molecule has 150 valence electrons. The fourth-order valence-electron chi connectivity index (χ4n) is 2.56. The molecule has 0 aromatic carbocycles. The molecule has 1 amide bonds. The smallest absolute Gasteiger partial charge is 0.416 e. The molecule has 0 bridgehead atoms. The van der Waals surface area contributed by atoms with E-state index in [-0.39, 0.29) is 24.5 Å². The molecule has 12 heteroatoms. The molecular weight excluding hydrogens is 388 g/mol. The second-order valence-electron chi connectivity index (χ2n) is 6.54. The lowest BCUT2D eigenvalue weighted by molar-refractivity contribution is 0.179. The summed E-state index contributed by atoms with van der Waals surface area (Å²) in [7, 11) is -3.59. The van der Waals surface area contributed by atoms with Gasteiger partial charge in [0.05, 0.1) is 6.04 Å². The van der Waals surface area contributed by atoms with Crippen LogP contribution >= 0.6 is 0 Å². The minimum Gasteiger partial charge on any atom is -0.447 e. The molecular formula is C16H20N6O5S. The molecule has 3 heterocycles. The van der Waals surface area contributed by atoms with Gasteiger partial charge in [0.1, 0.15) is 18.5 Å². The largest absolute Gasteiger partial charge is 0.447 e. The fourth-order valence-corrected chi connectivity index (χ4v) is 2.99. The van der Waals surface area contributed by atoms with Crippen molar-refractivity contribution in [3.63, 3.8) is 0 Å². The highest BCUT2D eigenvalue weighted by atomic mass is 32.2. The number of hydrogen-bond donors (Lipinski definition) is 1. The minimum absolute atomic E-state index is 0.0671. The summed E-state index contributed by atoms with van der Waals surface area (Å²) in [4.78, 5) is 22.0. The topological polar surface area (TPSA) is 140 Å². The van der Waals surface area contributed by atoms with Crippen LogP contribution in [0, 0.1) is 0 Å². The van der Waals surface area contributed by atoms with E-state index in [1.807, 2.05) is 19.9 Å². The van der Waals surface area contributed by atoms with Crippen molar-refractivity contribution in [2.75, 3.05) is 23.1 Å². The van der Waals surface area contributed by atoms with E-state index in [0.29, 0.717) is 5.82 Å². The van der Waals surface area contributed by atoms with Crippen LogP contribution < -0.4 is 10.2 Å². The fraction of sp³-hybridized carbons (Fsp3) is 0.438. The Hall–Kier alpha value is -3.02. The molecule has 0 spiro atoms. The van der Waals surface area contributed by atoms with Crippen molar-refractivity contribution >= 4 is 27.7 Å². The van der Waals surface area contributed by atoms with Crippen LogP contribution in [0.5, 0.6) is 0 Å². The Kier molecular flexibility index (Phi) is 5.31. The van der Waals surface area contributed by atoms with Gasteiger partial charge in [-0.05, 0) is 26.8 Å². The Morgan fingerprint density at radius 3 is 2.79 bits per heavy atom. The lowest BCUT2D eigenvalue weighted by atomic mass is 10.2. The quantitative estimate of drug-likeness (QED) is 0.702. The third-order valence-corrected chi connectivity index (χ3v) is 4.57. The van der Waals surface area contributed by atoms with Gasteiger partial charge in [-0.1, -0.05) is 16.7 Å². The molecule has 28 heavy (non-hydrogen) atoms. The molecule has 11 nitrogen and oxygen atoms in total. The Labute approximate surface area is 161 Å². The summed E-state index contributed by atoms with van der Waals surface area (Å²) >= 11 is 0. The van der Waals surface area contributed by atoms with Gasteiger partial charge in [0, 0.05) is 12.5 Å². The summed E-state index contributed by atoms with van der Waals surface area (Å²) < 4.78 is 33.2. The zero-order valence-corrected chi connectivity index (χ0v) is 16.6. The third-order valence-electron chi connectivity index (χ3n) is 3.77. The van der Waals surface area contributed by atoms with Crippen molar-refractivity contribution in [2.45, 2.75) is 38.1 Å². The monoisotopic (exact) mass is 408 g/mol. The number of sulfone groups is 1. The first-order valence-corrected chi connectivity index (χ1v) is 10.3. The van der Waals surface area contributed by atoms with Gasteiger partial charge in [0.25, 0.3) is 0 Å². The van der Waals surface area contributed by atoms with Crippen LogP contribution in [0.1, 0.15) is 32.7 Å². The molecule has 1 aliphatic rings. The van der Waals surface area contributed by atoms with Crippen LogP contribution in [0.2, 0.25) is 0 Å². The minimum atomic E-state index is -3.59. The molecule has 1 N–H and O–H groups in total. The van der Waals surface area contributed by atoms with Crippen molar-refractivity contribution in [3.05, 3.63) is 29.8 Å². The molecule has 3 rings (SSSR count). The van der Waals surface area contributed by atoms with E-state index in [1.54, 1.807) is 13.0 Å². The predicted molar refractivity (Wildman–Crippen MR) is 98.5 cm³/mol. The lowest BCUT2D eigenvalue weighted by Gasteiger charge is -2.19. The van der Waals surface area contributed by atoms with Crippen molar-refractivity contribution in [1.82, 2.24) is 20.2 Å². The number of amides is 1. The highest BCUT2D eigenvalue weighted by Crippen LogP contribution is 2.24. The Bertz CT molecular complexity index is 1010. The number of ether oxygens (including phenoxy) is 1. The highest BCUT2D eigenvalue weighted by molar-refractivity contribution is 7.90. The third kappa shape index (κ3) is 4.27. The van der Waals surface area contributed by atoms with Crippen LogP contribution in [0.4, 0.5) is 16.6 Å². The summed E-state index contributed by atoms with van der Waals surface area (Å²) in [5, 5.41) is 9.73. The average molecular weight is 408 g/mol. The van der Waals surface area contributed by atoms with E-state index in [1.165, 1.54) is 11.1 Å². The lowest BCUT2D eigenvalue weighted by Crippen LogP contribution is -2.33. The zero-order chi connectivity index (χ0) is 20.5. The molecule has 2 aromatic rings. The number of nitrogens with zero attached hydrogens (tertiary/aromatic N) is 5. The molecule has 1 saturated heterocycles. The maximum atomic E-state index is 12.1. The number of rotatable bonds is 6. The number of allylic oxidation sites excluding steroid dienone is 1. The molecule has 0 saturated carbocycles. The summed E-state index contributed by atoms with van der Waals surface area (Å²) in [5.74, 6) is 0.647. The predicted octanol–water partition coefficient (Wildman–Crippen LogP) is 1.73. The van der Waals surface area contributed by atoms with Gasteiger partial charge in [-0.25, -0.2) is 18.2 Å². The van der Waals surface area contributed by atoms with Crippen molar-refractivity contribution < 1.29 is 22.4 Å². The summed E-state index contributed by atoms with van der Waals surface area (Å²) in [6, 6.07) is 0.784. The summed E-state index contributed by atoms with van der Waals surface area (Å²) in [6.45, 7) is 5.80. The van der Waals surface area contributed by atoms with Gasteiger partial charge in [0.2, 0.25) is 21.7 Å². The van der Waals surface area contributed by atoms with Crippen LogP contribution in [-0.4, -0.2) is 53.6 Å². The standard InChI is InChI=1S/C16H20N6O5S/c1-9(2)7-11-8-26-16(23)22(11)12-5-6-17-14(19-12)18-10(3)13-20-21-15(27-13)28(4,24)25/h5-7,10-11H,8H2,1-4H3,(H,17,18,19). The second kappa shape index (κ2) is 7.54. The van der Waals surface area contributed by atoms with Crippen molar-refractivity contribution in [2.24, 2.45) is 0 Å². The Balaban J connectivity index is 1.80. The molecule has 2 atom stereocenters. The maximum absolute atomic E-state index is 12.1. The summed E-state index contributed by atoms with van der Waals surface area (Å²) in [6.07, 6.45) is 3.91. The van der Waals surface area contributed by atoms with Gasteiger partial charge in [0.15, 0.2) is 0 Å². The second-order valence-corrected chi connectivity index (χ2v) is 8.43. The van der Waals surface area contributed by atoms with Crippen molar-refractivity contribution in [3.8, 4) is 0 Å². The maximum Gasteiger partial charge on any atom is 0.416 e. The van der Waals surface area contributed by atoms with Gasteiger partial charge in [-0.3, -0.25) is 4.90 Å². The molecule has 2 aromatic heterocycles. The van der Waals surface area contributed by atoms with E-state index in [2.05, 4.69) is 25.5 Å². The molecule has 0 radical (unpaired) electrons. The van der Waals surface area contributed by atoms with Gasteiger partial charge >= 0.3 is 11.3 Å². The van der Waals surface area contributed by atoms with E-state index < -0.39 is 27.2 Å². The summed E-state index contributed by atoms with van der Waals surface area (Å²) in [5.41, 5.74) is 1.05. The van der Waals surface area contributed by atoms with E-state index >= 15 is 0 Å². The van der Waals surface area contributed by atoms with Crippen molar-refractivity contribution in [1.29, 1.82) is 0 Å². The number of carbonyl (C=O) groups excluding carboxylic acids is 1. The van der Waals surface area contributed by atoms with Gasteiger partial charge in [-0.15, -0.1) is 5.10 Å². The number of cyclic esters (lactones) is 1. The molecule has 2 unspecified atom stereocenters. The van der Waals surface area contributed by atoms with Crippen LogP contribution in [-0.2, 0) is 14.6 Å². The number of aromatic nitrogens is 4. The molecule has 0 aliphatic carbocycles. The van der Waals surface area contributed by atoms with E-state index in [4.69, 9.17) is 9.15 Å².